The van der Waals surface area contributed by atoms with Gasteiger partial charge in [0.25, 0.3) is 10.0 Å². The van der Waals surface area contributed by atoms with E-state index in [9.17, 15) is 8.42 Å². The van der Waals surface area contributed by atoms with Crippen molar-refractivity contribution in [2.24, 2.45) is 5.92 Å². The van der Waals surface area contributed by atoms with Crippen molar-refractivity contribution in [2.45, 2.75) is 44.0 Å². The summed E-state index contributed by atoms with van der Waals surface area (Å²) in [5.41, 5.74) is 4.87. The second-order valence-corrected chi connectivity index (χ2v) is 11.6. The standard InChI is InChI=1S/C25H26N2O2S2/c1-15-7-9-18(13-16(15)2)27-31(28,29)19-10-11-23-22(14-19)20-5-4-6-21(20)25(26-23)24-12-8-17(3)30-24/h4-5,7-14,20-21,25-27H,6H2,1-3H3. The van der Waals surface area contributed by atoms with E-state index in [1.165, 1.54) is 9.75 Å². The predicted molar refractivity (Wildman–Crippen MR) is 129 cm³/mol. The Bertz CT molecular complexity index is 1290. The van der Waals surface area contributed by atoms with Crippen LogP contribution in [-0.2, 0) is 10.0 Å². The van der Waals surface area contributed by atoms with Gasteiger partial charge in [-0.3, -0.25) is 4.72 Å². The third-order valence-electron chi connectivity index (χ3n) is 6.47. The van der Waals surface area contributed by atoms with Crippen molar-refractivity contribution in [1.82, 2.24) is 0 Å². The average Bonchev–Trinajstić information content (AvgIpc) is 3.39. The highest BCUT2D eigenvalue weighted by Gasteiger charge is 2.39. The van der Waals surface area contributed by atoms with Gasteiger partial charge in [-0.05, 0) is 92.3 Å². The second-order valence-electron chi connectivity index (χ2n) is 8.58. The molecule has 4 nitrogen and oxygen atoms in total. The first-order valence-electron chi connectivity index (χ1n) is 10.6. The number of hydrogen-bond acceptors (Lipinski definition) is 4. The lowest BCUT2D eigenvalue weighted by Crippen LogP contribution is -2.28. The SMILES string of the molecule is Cc1ccc(C2Nc3ccc(S(=O)(=O)Nc4ccc(C)c(C)c4)cc3C3C=CCC32)s1. The van der Waals surface area contributed by atoms with Crippen molar-refractivity contribution in [1.29, 1.82) is 0 Å². The Kier molecular flexibility index (Phi) is 4.94. The number of fused-ring (bicyclic) bond motifs is 3. The zero-order valence-electron chi connectivity index (χ0n) is 17.8. The molecule has 3 aromatic rings. The molecule has 0 radical (unpaired) electrons. The van der Waals surface area contributed by atoms with Crippen molar-refractivity contribution in [3.8, 4) is 0 Å². The second kappa shape index (κ2) is 7.53. The van der Waals surface area contributed by atoms with Crippen molar-refractivity contribution < 1.29 is 8.42 Å². The van der Waals surface area contributed by atoms with Crippen LogP contribution < -0.4 is 10.0 Å². The number of benzene rings is 2. The molecule has 2 N–H and O–H groups in total. The summed E-state index contributed by atoms with van der Waals surface area (Å²) < 4.78 is 29.0. The molecule has 1 aliphatic carbocycles. The lowest BCUT2D eigenvalue weighted by molar-refractivity contribution is 0.429. The van der Waals surface area contributed by atoms with E-state index < -0.39 is 10.0 Å². The molecule has 2 aromatic carbocycles. The van der Waals surface area contributed by atoms with Crippen LogP contribution in [0.3, 0.4) is 0 Å². The topological polar surface area (TPSA) is 58.2 Å². The number of nitrogens with one attached hydrogen (secondary N) is 2. The van der Waals surface area contributed by atoms with Crippen LogP contribution in [0.2, 0.25) is 0 Å². The number of anilines is 2. The van der Waals surface area contributed by atoms with Gasteiger partial charge in [0, 0.05) is 27.0 Å². The van der Waals surface area contributed by atoms with Gasteiger partial charge in [0.1, 0.15) is 0 Å². The highest BCUT2D eigenvalue weighted by Crippen LogP contribution is 2.51. The van der Waals surface area contributed by atoms with Crippen molar-refractivity contribution >= 4 is 32.7 Å². The lowest BCUT2D eigenvalue weighted by atomic mass is 9.79. The van der Waals surface area contributed by atoms with Gasteiger partial charge in [-0.2, -0.15) is 0 Å². The summed E-state index contributed by atoms with van der Waals surface area (Å²) in [6, 6.07) is 15.7. The summed E-state index contributed by atoms with van der Waals surface area (Å²) in [7, 11) is -3.67. The van der Waals surface area contributed by atoms with E-state index in [4.69, 9.17) is 0 Å². The summed E-state index contributed by atoms with van der Waals surface area (Å²) in [4.78, 5) is 2.95. The van der Waals surface area contributed by atoms with Crippen LogP contribution in [0.5, 0.6) is 0 Å². The molecule has 31 heavy (non-hydrogen) atoms. The maximum absolute atomic E-state index is 13.1. The lowest BCUT2D eigenvalue weighted by Gasteiger charge is -2.37. The van der Waals surface area contributed by atoms with Crippen LogP contribution >= 0.6 is 11.3 Å². The molecule has 0 fully saturated rings. The Hall–Kier alpha value is -2.57. The molecule has 5 rings (SSSR count). The molecular weight excluding hydrogens is 424 g/mol. The first-order chi connectivity index (χ1) is 14.8. The minimum Gasteiger partial charge on any atom is -0.377 e. The quantitative estimate of drug-likeness (QED) is 0.459. The molecule has 0 amide bonds. The van der Waals surface area contributed by atoms with Crippen molar-refractivity contribution in [3.05, 3.63) is 87.1 Å². The van der Waals surface area contributed by atoms with E-state index in [0.717, 1.165) is 28.8 Å². The van der Waals surface area contributed by atoms with Gasteiger partial charge in [0.2, 0.25) is 0 Å². The number of rotatable bonds is 4. The molecule has 1 aromatic heterocycles. The minimum absolute atomic E-state index is 0.223. The third-order valence-corrected chi connectivity index (χ3v) is 8.93. The minimum atomic E-state index is -3.67. The third kappa shape index (κ3) is 3.68. The Labute approximate surface area is 188 Å². The average molecular weight is 451 g/mol. The number of hydrogen-bond donors (Lipinski definition) is 2. The van der Waals surface area contributed by atoms with Crippen molar-refractivity contribution in [2.75, 3.05) is 10.0 Å². The predicted octanol–water partition coefficient (Wildman–Crippen LogP) is 6.30. The summed E-state index contributed by atoms with van der Waals surface area (Å²) in [6.45, 7) is 6.13. The Morgan fingerprint density at radius 2 is 1.84 bits per heavy atom. The molecule has 160 valence electrons. The van der Waals surface area contributed by atoms with Gasteiger partial charge in [0.15, 0.2) is 0 Å². The van der Waals surface area contributed by atoms with Gasteiger partial charge in [-0.15, -0.1) is 11.3 Å². The summed E-state index contributed by atoms with van der Waals surface area (Å²) in [5, 5.41) is 3.70. The number of sulfonamides is 1. The van der Waals surface area contributed by atoms with Crippen LogP contribution in [0.15, 0.2) is 65.6 Å². The summed E-state index contributed by atoms with van der Waals surface area (Å²) in [6.07, 6.45) is 5.47. The maximum atomic E-state index is 13.1. The fourth-order valence-corrected chi connectivity index (χ4v) is 6.75. The Morgan fingerprint density at radius 1 is 1.00 bits per heavy atom. The molecule has 6 heteroatoms. The molecule has 0 saturated heterocycles. The van der Waals surface area contributed by atoms with Gasteiger partial charge in [0.05, 0.1) is 10.9 Å². The fraction of sp³-hybridized carbons (Fsp3) is 0.280. The Morgan fingerprint density at radius 3 is 2.58 bits per heavy atom. The van der Waals surface area contributed by atoms with E-state index in [1.807, 2.05) is 55.5 Å². The smallest absolute Gasteiger partial charge is 0.261 e. The van der Waals surface area contributed by atoms with E-state index in [2.05, 4.69) is 41.2 Å². The normalized spacial score (nSPS) is 22.0. The summed E-state index contributed by atoms with van der Waals surface area (Å²) in [5.74, 6) is 0.622. The first-order valence-corrected chi connectivity index (χ1v) is 12.9. The zero-order valence-corrected chi connectivity index (χ0v) is 19.5. The van der Waals surface area contributed by atoms with Crippen molar-refractivity contribution in [3.63, 3.8) is 0 Å². The largest absolute Gasteiger partial charge is 0.377 e. The van der Waals surface area contributed by atoms with Gasteiger partial charge in [-0.1, -0.05) is 18.2 Å². The fourth-order valence-electron chi connectivity index (χ4n) is 4.66. The van der Waals surface area contributed by atoms with Crippen LogP contribution in [0.1, 0.15) is 44.8 Å². The van der Waals surface area contributed by atoms with Crippen LogP contribution in [-0.4, -0.2) is 8.42 Å². The molecule has 3 unspecified atom stereocenters. The number of allylic oxidation sites excluding steroid dienone is 2. The monoisotopic (exact) mass is 450 g/mol. The highest BCUT2D eigenvalue weighted by atomic mass is 32.2. The zero-order chi connectivity index (χ0) is 21.8. The number of aryl methyl sites for hydroxylation is 3. The van der Waals surface area contributed by atoms with Gasteiger partial charge < -0.3 is 5.32 Å². The van der Waals surface area contributed by atoms with Crippen LogP contribution in [0, 0.1) is 26.7 Å². The molecule has 0 spiro atoms. The first kappa shape index (κ1) is 20.3. The molecule has 3 atom stereocenters. The Balaban J connectivity index is 1.48. The molecule has 0 saturated carbocycles. The van der Waals surface area contributed by atoms with Crippen LogP contribution in [0.25, 0.3) is 0 Å². The molecule has 2 aliphatic rings. The van der Waals surface area contributed by atoms with E-state index in [0.29, 0.717) is 16.5 Å². The van der Waals surface area contributed by atoms with Crippen LogP contribution in [0.4, 0.5) is 11.4 Å². The molecule has 1 aliphatic heterocycles. The van der Waals surface area contributed by atoms with E-state index >= 15 is 0 Å². The molecule has 2 heterocycles. The highest BCUT2D eigenvalue weighted by molar-refractivity contribution is 7.92. The summed E-state index contributed by atoms with van der Waals surface area (Å²) >= 11 is 1.83. The molecule has 0 bridgehead atoms. The van der Waals surface area contributed by atoms with Gasteiger partial charge in [-0.25, -0.2) is 8.42 Å². The molecular formula is C25H26N2O2S2. The van der Waals surface area contributed by atoms with E-state index in [1.54, 1.807) is 6.07 Å². The maximum Gasteiger partial charge on any atom is 0.261 e. The van der Waals surface area contributed by atoms with E-state index in [-0.39, 0.29) is 12.0 Å². The van der Waals surface area contributed by atoms with Gasteiger partial charge >= 0.3 is 0 Å². The number of thiophene rings is 1.